The normalized spacial score (nSPS) is 28.6. The number of carbonyl (C=O) groups excluding carboxylic acids is 3. The fourth-order valence-electron chi connectivity index (χ4n) is 7.10. The summed E-state index contributed by atoms with van der Waals surface area (Å²) >= 11 is 6.44. The number of para-hydroxylation sites is 1. The van der Waals surface area contributed by atoms with Crippen LogP contribution in [-0.2, 0) is 25.7 Å². The van der Waals surface area contributed by atoms with Crippen molar-refractivity contribution in [1.29, 1.82) is 0 Å². The van der Waals surface area contributed by atoms with Crippen molar-refractivity contribution in [1.82, 2.24) is 10.2 Å². The first-order chi connectivity index (χ1) is 19.3. The quantitative estimate of drug-likeness (QED) is 0.352. The predicted octanol–water partition coefficient (Wildman–Crippen LogP) is 4.22. The number of fused-ring (bicyclic) bond motifs is 1. The highest BCUT2D eigenvalue weighted by Gasteiger charge is 2.78. The van der Waals surface area contributed by atoms with Crippen LogP contribution in [-0.4, -0.2) is 58.1 Å². The third kappa shape index (κ3) is 4.80. The lowest BCUT2D eigenvalue weighted by atomic mass is 9.65. The number of carbonyl (C=O) groups is 3. The predicted molar refractivity (Wildman–Crippen MR) is 153 cm³/mol. The van der Waals surface area contributed by atoms with E-state index in [0.717, 1.165) is 17.5 Å². The highest BCUT2D eigenvalue weighted by molar-refractivity contribution is 6.34. The van der Waals surface area contributed by atoms with Crippen LogP contribution in [0.1, 0.15) is 56.6 Å². The third-order valence-corrected chi connectivity index (χ3v) is 9.36. The van der Waals surface area contributed by atoms with Crippen molar-refractivity contribution in [2.24, 2.45) is 11.8 Å². The van der Waals surface area contributed by atoms with Crippen molar-refractivity contribution in [3.63, 3.8) is 0 Å². The number of likely N-dealkylation sites (tertiary alicyclic amines) is 1. The molecular weight excluding hydrogens is 530 g/mol. The summed E-state index contributed by atoms with van der Waals surface area (Å²) in [4.78, 5) is 43.7. The van der Waals surface area contributed by atoms with Gasteiger partial charge in [-0.05, 0) is 62.6 Å². The topological polar surface area (TPSA) is 108 Å². The molecule has 2 aromatic carbocycles. The third-order valence-electron chi connectivity index (χ3n) is 9.05. The zero-order valence-electron chi connectivity index (χ0n) is 23.1. The van der Waals surface area contributed by atoms with E-state index in [1.807, 2.05) is 56.3 Å². The van der Waals surface area contributed by atoms with Crippen LogP contribution in [0.5, 0.6) is 0 Å². The van der Waals surface area contributed by atoms with Gasteiger partial charge in [-0.1, -0.05) is 61.0 Å². The summed E-state index contributed by atoms with van der Waals surface area (Å²) in [5.41, 5.74) is 0.391. The van der Waals surface area contributed by atoms with Crippen LogP contribution >= 0.6 is 11.6 Å². The van der Waals surface area contributed by atoms with Crippen molar-refractivity contribution in [2.75, 3.05) is 18.5 Å². The second-order valence-electron chi connectivity index (χ2n) is 11.3. The van der Waals surface area contributed by atoms with Gasteiger partial charge < -0.3 is 25.4 Å². The molecule has 1 spiro atoms. The number of halogens is 1. The zero-order valence-corrected chi connectivity index (χ0v) is 23.9. The van der Waals surface area contributed by atoms with Gasteiger partial charge in [0.05, 0.1) is 28.1 Å². The van der Waals surface area contributed by atoms with Gasteiger partial charge in [0.1, 0.15) is 11.6 Å². The molecule has 5 rings (SSSR count). The minimum Gasteiger partial charge on any atom is -0.396 e. The molecule has 3 amide bonds. The number of hydrogen-bond donors (Lipinski definition) is 3. The molecule has 0 radical (unpaired) electrons. The van der Waals surface area contributed by atoms with E-state index in [9.17, 15) is 19.5 Å². The van der Waals surface area contributed by atoms with E-state index in [2.05, 4.69) is 10.6 Å². The summed E-state index contributed by atoms with van der Waals surface area (Å²) in [6.07, 6.45) is 3.66. The minimum absolute atomic E-state index is 0.0714. The van der Waals surface area contributed by atoms with Crippen LogP contribution in [0, 0.1) is 18.8 Å². The van der Waals surface area contributed by atoms with Crippen LogP contribution in [0.2, 0.25) is 5.02 Å². The zero-order chi connectivity index (χ0) is 28.5. The molecular formula is C31H38ClN3O5. The van der Waals surface area contributed by atoms with Crippen molar-refractivity contribution < 1.29 is 24.2 Å². The van der Waals surface area contributed by atoms with Crippen molar-refractivity contribution in [2.45, 2.75) is 76.2 Å². The average Bonchev–Trinajstić information content (AvgIpc) is 3.56. The molecule has 214 valence electrons. The minimum atomic E-state index is -1.10. The highest BCUT2D eigenvalue weighted by atomic mass is 35.5. The number of unbranched alkanes of at least 4 members (excludes halogenated alkanes) is 2. The largest absolute Gasteiger partial charge is 0.396 e. The maximum atomic E-state index is 14.2. The number of ether oxygens (including phenoxy) is 1. The SMILES string of the molecule is CC[C@@]12CCC3(O1)C(C(=O)Nc1c(C)cccc1Cl)N(CCCCCO)C(=O)[C@@H]3[C@@H]2C(=O)NCc1ccccc1. The first-order valence-corrected chi connectivity index (χ1v) is 14.6. The standard InChI is InChI=1S/C31H38ClN3O5/c1-3-30-15-16-31(40-30)24(23(30)27(37)33-19-21-12-6-4-7-13-21)29(39)35(17-8-5-9-18-36)26(31)28(38)34-25-20(2)11-10-14-22(25)32/h4,6-7,10-14,23-24,26,36H,3,5,8-9,15-19H2,1-2H3,(H,33,37)(H,34,38)/t23-,24+,26?,30+,31?/m1/s1. The van der Waals surface area contributed by atoms with Crippen LogP contribution in [0.4, 0.5) is 5.69 Å². The number of nitrogens with zero attached hydrogens (tertiary/aromatic N) is 1. The van der Waals surface area contributed by atoms with Crippen LogP contribution in [0.25, 0.3) is 0 Å². The van der Waals surface area contributed by atoms with E-state index in [0.29, 0.717) is 55.9 Å². The van der Waals surface area contributed by atoms with Gasteiger partial charge in [0.25, 0.3) is 0 Å². The van der Waals surface area contributed by atoms with Crippen molar-refractivity contribution in [3.05, 3.63) is 64.7 Å². The second kappa shape index (κ2) is 11.5. The van der Waals surface area contributed by atoms with Crippen molar-refractivity contribution >= 4 is 35.0 Å². The molecule has 3 saturated heterocycles. The number of hydrogen-bond acceptors (Lipinski definition) is 5. The van der Waals surface area contributed by atoms with Crippen LogP contribution < -0.4 is 10.6 Å². The van der Waals surface area contributed by atoms with Gasteiger partial charge in [0.15, 0.2) is 0 Å². The fraction of sp³-hybridized carbons (Fsp3) is 0.516. The number of rotatable bonds is 11. The molecule has 3 aliphatic heterocycles. The highest BCUT2D eigenvalue weighted by Crippen LogP contribution is 2.64. The fourth-order valence-corrected chi connectivity index (χ4v) is 7.37. The Hall–Kier alpha value is -2.94. The first-order valence-electron chi connectivity index (χ1n) is 14.3. The lowest BCUT2D eigenvalue weighted by Gasteiger charge is -2.34. The number of benzene rings is 2. The Morgan fingerprint density at radius 1 is 1.07 bits per heavy atom. The van der Waals surface area contributed by atoms with Gasteiger partial charge in [0.2, 0.25) is 17.7 Å². The monoisotopic (exact) mass is 567 g/mol. The van der Waals surface area contributed by atoms with Crippen LogP contribution in [0.3, 0.4) is 0 Å². The van der Waals surface area contributed by atoms with Gasteiger partial charge in [-0.2, -0.15) is 0 Å². The first kappa shape index (κ1) is 28.6. The Morgan fingerprint density at radius 3 is 2.55 bits per heavy atom. The van der Waals surface area contributed by atoms with E-state index in [1.54, 1.807) is 11.0 Å². The number of anilines is 1. The molecule has 40 heavy (non-hydrogen) atoms. The Balaban J connectivity index is 1.47. The summed E-state index contributed by atoms with van der Waals surface area (Å²) in [5, 5.41) is 15.7. The summed E-state index contributed by atoms with van der Waals surface area (Å²) < 4.78 is 6.81. The van der Waals surface area contributed by atoms with Gasteiger partial charge in [0, 0.05) is 19.7 Å². The molecule has 0 aromatic heterocycles. The van der Waals surface area contributed by atoms with Gasteiger partial charge in [-0.25, -0.2) is 0 Å². The van der Waals surface area contributed by atoms with Gasteiger partial charge >= 0.3 is 0 Å². The molecule has 0 saturated carbocycles. The average molecular weight is 568 g/mol. The molecule has 2 aromatic rings. The Morgan fingerprint density at radius 2 is 1.85 bits per heavy atom. The maximum Gasteiger partial charge on any atom is 0.250 e. The summed E-state index contributed by atoms with van der Waals surface area (Å²) in [6, 6.07) is 14.2. The Kier molecular flexibility index (Phi) is 8.22. The molecule has 2 bridgehead atoms. The second-order valence-corrected chi connectivity index (χ2v) is 11.7. The molecule has 0 aliphatic carbocycles. The molecule has 3 aliphatic rings. The lowest BCUT2D eigenvalue weighted by molar-refractivity contribution is -0.146. The molecule has 3 N–H and O–H groups in total. The summed E-state index contributed by atoms with van der Waals surface area (Å²) in [7, 11) is 0. The molecule has 3 heterocycles. The van der Waals surface area contributed by atoms with Gasteiger partial charge in [-0.3, -0.25) is 14.4 Å². The molecule has 9 heteroatoms. The summed E-state index contributed by atoms with van der Waals surface area (Å²) in [5.74, 6) is -2.23. The molecule has 8 nitrogen and oxygen atoms in total. The molecule has 3 fully saturated rings. The maximum absolute atomic E-state index is 14.2. The van der Waals surface area contributed by atoms with E-state index in [-0.39, 0.29) is 24.3 Å². The van der Waals surface area contributed by atoms with E-state index in [4.69, 9.17) is 16.3 Å². The lowest BCUT2D eigenvalue weighted by Crippen LogP contribution is -2.53. The van der Waals surface area contributed by atoms with Crippen molar-refractivity contribution in [3.8, 4) is 0 Å². The Labute approximate surface area is 240 Å². The van der Waals surface area contributed by atoms with E-state index in [1.165, 1.54) is 0 Å². The smallest absolute Gasteiger partial charge is 0.250 e. The Bertz CT molecular complexity index is 1250. The van der Waals surface area contributed by atoms with E-state index < -0.39 is 29.1 Å². The number of aliphatic hydroxyl groups is 1. The molecule has 5 atom stereocenters. The number of amides is 3. The number of aliphatic hydroxyl groups excluding tert-OH is 1. The van der Waals surface area contributed by atoms with Crippen LogP contribution in [0.15, 0.2) is 48.5 Å². The molecule has 2 unspecified atom stereocenters. The van der Waals surface area contributed by atoms with E-state index >= 15 is 0 Å². The summed E-state index contributed by atoms with van der Waals surface area (Å²) in [6.45, 7) is 4.62. The number of nitrogens with one attached hydrogen (secondary N) is 2. The number of aryl methyl sites for hydroxylation is 1. The van der Waals surface area contributed by atoms with Gasteiger partial charge in [-0.15, -0.1) is 0 Å².